The van der Waals surface area contributed by atoms with Crippen LogP contribution < -0.4 is 5.32 Å². The molecule has 4 nitrogen and oxygen atoms in total. The number of hydrogen-bond donors (Lipinski definition) is 3. The minimum Gasteiger partial charge on any atom is -0.508 e. The topological polar surface area (TPSA) is 69.6 Å². The highest BCUT2D eigenvalue weighted by atomic mass is 35.5. The van der Waals surface area contributed by atoms with Crippen molar-refractivity contribution in [2.45, 2.75) is 26.7 Å². The highest BCUT2D eigenvalue weighted by Crippen LogP contribution is 2.27. The first kappa shape index (κ1) is 15.6. The summed E-state index contributed by atoms with van der Waals surface area (Å²) >= 11 is 5.97. The minimum absolute atomic E-state index is 0.0775. The first-order valence-corrected chi connectivity index (χ1v) is 6.87. The molecule has 1 aromatic carbocycles. The SMILES string of the molecule is CCC(CC)(CCl)CNC(=O)c1ccc(O)cc1O. The van der Waals surface area contributed by atoms with E-state index in [1.165, 1.54) is 12.1 Å². The molecule has 106 valence electrons. The Kier molecular flexibility index (Phi) is 5.48. The van der Waals surface area contributed by atoms with Crippen LogP contribution >= 0.6 is 11.6 Å². The molecule has 0 heterocycles. The number of carbonyl (C=O) groups is 1. The normalized spacial score (nSPS) is 11.3. The number of rotatable bonds is 6. The first-order valence-electron chi connectivity index (χ1n) is 6.34. The zero-order chi connectivity index (χ0) is 14.5. The largest absolute Gasteiger partial charge is 0.508 e. The zero-order valence-electron chi connectivity index (χ0n) is 11.2. The third-order valence-electron chi connectivity index (χ3n) is 3.63. The summed E-state index contributed by atoms with van der Waals surface area (Å²) in [6, 6.07) is 3.90. The second kappa shape index (κ2) is 6.66. The number of aromatic hydroxyl groups is 2. The van der Waals surface area contributed by atoms with E-state index in [0.717, 1.165) is 18.9 Å². The van der Waals surface area contributed by atoms with Gasteiger partial charge in [0, 0.05) is 23.9 Å². The summed E-state index contributed by atoms with van der Waals surface area (Å²) in [5.74, 6) is -0.205. The Hall–Kier alpha value is -1.42. The molecule has 5 heteroatoms. The molecule has 0 atom stereocenters. The Morgan fingerprint density at radius 2 is 1.95 bits per heavy atom. The van der Waals surface area contributed by atoms with Crippen molar-refractivity contribution in [1.29, 1.82) is 0 Å². The maximum atomic E-state index is 12.0. The van der Waals surface area contributed by atoms with Crippen LogP contribution in [0.1, 0.15) is 37.0 Å². The van der Waals surface area contributed by atoms with Gasteiger partial charge in [0.2, 0.25) is 0 Å². The quantitative estimate of drug-likeness (QED) is 0.704. The summed E-state index contributed by atoms with van der Waals surface area (Å²) in [5.41, 5.74) is 0.0255. The summed E-state index contributed by atoms with van der Waals surface area (Å²) < 4.78 is 0. The minimum atomic E-state index is -0.367. The number of benzene rings is 1. The fraction of sp³-hybridized carbons (Fsp3) is 0.500. The van der Waals surface area contributed by atoms with E-state index in [2.05, 4.69) is 5.32 Å². The molecule has 0 fully saturated rings. The maximum Gasteiger partial charge on any atom is 0.255 e. The van der Waals surface area contributed by atoms with E-state index in [1.807, 2.05) is 13.8 Å². The van der Waals surface area contributed by atoms with Crippen LogP contribution in [0.2, 0.25) is 0 Å². The third-order valence-corrected chi connectivity index (χ3v) is 4.20. The summed E-state index contributed by atoms with van der Waals surface area (Å²) in [4.78, 5) is 12.0. The molecule has 0 spiro atoms. The first-order chi connectivity index (χ1) is 8.98. The van der Waals surface area contributed by atoms with Crippen LogP contribution in [-0.4, -0.2) is 28.5 Å². The van der Waals surface area contributed by atoms with Gasteiger partial charge < -0.3 is 15.5 Å². The van der Waals surface area contributed by atoms with Gasteiger partial charge in [-0.3, -0.25) is 4.79 Å². The molecule has 0 saturated heterocycles. The van der Waals surface area contributed by atoms with Crippen LogP contribution in [0, 0.1) is 5.41 Å². The predicted molar refractivity (Wildman–Crippen MR) is 75.8 cm³/mol. The lowest BCUT2D eigenvalue weighted by molar-refractivity contribution is 0.0929. The van der Waals surface area contributed by atoms with Gasteiger partial charge >= 0.3 is 0 Å². The number of phenolic OH excluding ortho intramolecular Hbond substituents is 2. The maximum absolute atomic E-state index is 12.0. The van der Waals surface area contributed by atoms with Crippen molar-refractivity contribution in [3.63, 3.8) is 0 Å². The summed E-state index contributed by atoms with van der Waals surface area (Å²) in [6.45, 7) is 4.54. The van der Waals surface area contributed by atoms with Gasteiger partial charge in [0.1, 0.15) is 11.5 Å². The van der Waals surface area contributed by atoms with Gasteiger partial charge in [0.15, 0.2) is 0 Å². The van der Waals surface area contributed by atoms with Crippen LogP contribution in [0.4, 0.5) is 0 Å². The molecule has 0 aromatic heterocycles. The van der Waals surface area contributed by atoms with E-state index >= 15 is 0 Å². The average Bonchev–Trinajstić information content (AvgIpc) is 2.40. The Morgan fingerprint density at radius 1 is 1.32 bits per heavy atom. The lowest BCUT2D eigenvalue weighted by atomic mass is 9.84. The second-order valence-corrected chi connectivity index (χ2v) is 4.99. The van der Waals surface area contributed by atoms with E-state index in [4.69, 9.17) is 11.6 Å². The number of hydrogen-bond acceptors (Lipinski definition) is 3. The van der Waals surface area contributed by atoms with Crippen LogP contribution in [0.15, 0.2) is 18.2 Å². The van der Waals surface area contributed by atoms with Gasteiger partial charge in [-0.05, 0) is 25.0 Å². The van der Waals surface area contributed by atoms with Gasteiger partial charge in [-0.25, -0.2) is 0 Å². The van der Waals surface area contributed by atoms with Crippen molar-refractivity contribution in [1.82, 2.24) is 5.32 Å². The molecular formula is C14H20ClNO3. The van der Waals surface area contributed by atoms with Crippen molar-refractivity contribution in [3.8, 4) is 11.5 Å². The lowest BCUT2D eigenvalue weighted by Crippen LogP contribution is -2.38. The molecule has 0 aliphatic carbocycles. The van der Waals surface area contributed by atoms with Gasteiger partial charge in [-0.1, -0.05) is 13.8 Å². The van der Waals surface area contributed by atoms with Crippen molar-refractivity contribution in [3.05, 3.63) is 23.8 Å². The molecule has 1 rings (SSSR count). The van der Waals surface area contributed by atoms with E-state index in [0.29, 0.717) is 12.4 Å². The Labute approximate surface area is 118 Å². The Bertz CT molecular complexity index is 436. The zero-order valence-corrected chi connectivity index (χ0v) is 12.0. The molecule has 0 aliphatic heterocycles. The molecule has 0 unspecified atom stereocenters. The second-order valence-electron chi connectivity index (χ2n) is 4.72. The Morgan fingerprint density at radius 3 is 2.42 bits per heavy atom. The van der Waals surface area contributed by atoms with Gasteiger partial charge in [-0.2, -0.15) is 0 Å². The smallest absolute Gasteiger partial charge is 0.255 e. The average molecular weight is 286 g/mol. The molecule has 0 saturated carbocycles. The fourth-order valence-corrected chi connectivity index (χ4v) is 2.28. The summed E-state index contributed by atoms with van der Waals surface area (Å²) in [7, 11) is 0. The van der Waals surface area contributed by atoms with Crippen molar-refractivity contribution in [2.75, 3.05) is 12.4 Å². The van der Waals surface area contributed by atoms with Crippen LogP contribution in [0.5, 0.6) is 11.5 Å². The molecular weight excluding hydrogens is 266 g/mol. The molecule has 19 heavy (non-hydrogen) atoms. The van der Waals surface area contributed by atoms with Crippen molar-refractivity contribution >= 4 is 17.5 Å². The third kappa shape index (κ3) is 3.77. The van der Waals surface area contributed by atoms with E-state index < -0.39 is 0 Å². The number of carbonyl (C=O) groups excluding carboxylic acids is 1. The van der Waals surface area contributed by atoms with Gasteiger partial charge in [0.25, 0.3) is 5.91 Å². The predicted octanol–water partition coefficient (Wildman–Crippen LogP) is 2.87. The number of amides is 1. The molecule has 3 N–H and O–H groups in total. The molecule has 1 aromatic rings. The summed E-state index contributed by atoms with van der Waals surface area (Å²) in [6.07, 6.45) is 1.74. The number of halogens is 1. The number of nitrogens with one attached hydrogen (secondary N) is 1. The van der Waals surface area contributed by atoms with Crippen molar-refractivity contribution < 1.29 is 15.0 Å². The molecule has 0 aliphatic rings. The Balaban J connectivity index is 2.75. The number of alkyl halides is 1. The van der Waals surface area contributed by atoms with Crippen LogP contribution in [0.25, 0.3) is 0 Å². The summed E-state index contributed by atoms with van der Waals surface area (Å²) in [5, 5.41) is 21.6. The fourth-order valence-electron chi connectivity index (χ4n) is 1.81. The highest BCUT2D eigenvalue weighted by Gasteiger charge is 2.26. The van der Waals surface area contributed by atoms with E-state index in [1.54, 1.807) is 0 Å². The molecule has 0 bridgehead atoms. The molecule has 0 radical (unpaired) electrons. The monoisotopic (exact) mass is 285 g/mol. The van der Waals surface area contributed by atoms with E-state index in [-0.39, 0.29) is 28.4 Å². The van der Waals surface area contributed by atoms with Crippen LogP contribution in [0.3, 0.4) is 0 Å². The van der Waals surface area contributed by atoms with Crippen molar-refractivity contribution in [2.24, 2.45) is 5.41 Å². The van der Waals surface area contributed by atoms with Gasteiger partial charge in [-0.15, -0.1) is 11.6 Å². The van der Waals surface area contributed by atoms with Gasteiger partial charge in [0.05, 0.1) is 5.56 Å². The molecule has 1 amide bonds. The highest BCUT2D eigenvalue weighted by molar-refractivity contribution is 6.18. The lowest BCUT2D eigenvalue weighted by Gasteiger charge is -2.29. The van der Waals surface area contributed by atoms with E-state index in [9.17, 15) is 15.0 Å². The standard InChI is InChI=1S/C14H20ClNO3/c1-3-14(4-2,8-15)9-16-13(19)11-6-5-10(17)7-12(11)18/h5-7,17-18H,3-4,8-9H2,1-2H3,(H,16,19). The number of phenols is 2. The van der Waals surface area contributed by atoms with Crippen LogP contribution in [-0.2, 0) is 0 Å².